The highest BCUT2D eigenvalue weighted by molar-refractivity contribution is 5.94. The summed E-state index contributed by atoms with van der Waals surface area (Å²) < 4.78 is 13.7. The van der Waals surface area contributed by atoms with Crippen molar-refractivity contribution in [3.8, 4) is 0 Å². The van der Waals surface area contributed by atoms with Crippen molar-refractivity contribution < 1.29 is 9.18 Å². The number of carbonyl (C=O) groups excluding carboxylic acids is 1. The molecule has 2 N–H and O–H groups in total. The predicted molar refractivity (Wildman–Crippen MR) is 60.0 cm³/mol. The van der Waals surface area contributed by atoms with E-state index in [0.29, 0.717) is 24.6 Å². The van der Waals surface area contributed by atoms with E-state index in [1.165, 1.54) is 6.07 Å². The number of rotatable bonds is 2. The standard InChI is InChI=1S/C12H13FN2O/c13-9-5-7-1-4-12(16)15-10(7)6-11(9)14-8-2-3-8/h5-6,8,14H,1-4H2,(H,15,16). The molecule has 1 fully saturated rings. The van der Waals surface area contributed by atoms with Crippen molar-refractivity contribution in [2.75, 3.05) is 10.6 Å². The van der Waals surface area contributed by atoms with Crippen LogP contribution in [0, 0.1) is 5.82 Å². The second kappa shape index (κ2) is 3.47. The van der Waals surface area contributed by atoms with Gasteiger partial charge in [0.1, 0.15) is 5.82 Å². The summed E-state index contributed by atoms with van der Waals surface area (Å²) in [5.74, 6) is -0.210. The molecule has 0 radical (unpaired) electrons. The number of aryl methyl sites for hydroxylation is 1. The number of carbonyl (C=O) groups is 1. The fourth-order valence-electron chi connectivity index (χ4n) is 1.96. The zero-order valence-corrected chi connectivity index (χ0v) is 8.85. The lowest BCUT2D eigenvalue weighted by atomic mass is 10.0. The molecule has 1 aliphatic carbocycles. The highest BCUT2D eigenvalue weighted by atomic mass is 19.1. The van der Waals surface area contributed by atoms with E-state index in [4.69, 9.17) is 0 Å². The smallest absolute Gasteiger partial charge is 0.224 e. The van der Waals surface area contributed by atoms with E-state index in [9.17, 15) is 9.18 Å². The Morgan fingerprint density at radius 1 is 1.31 bits per heavy atom. The molecule has 0 spiro atoms. The molecular weight excluding hydrogens is 207 g/mol. The highest BCUT2D eigenvalue weighted by Gasteiger charge is 2.24. The molecule has 1 heterocycles. The molecule has 0 saturated heterocycles. The highest BCUT2D eigenvalue weighted by Crippen LogP contribution is 2.32. The number of nitrogens with one attached hydrogen (secondary N) is 2. The third-order valence-electron chi connectivity index (χ3n) is 3.03. The largest absolute Gasteiger partial charge is 0.380 e. The average molecular weight is 220 g/mol. The van der Waals surface area contributed by atoms with Gasteiger partial charge in [-0.05, 0) is 37.0 Å². The predicted octanol–water partition coefficient (Wildman–Crippen LogP) is 2.28. The first kappa shape index (κ1) is 9.63. The fraction of sp³-hybridized carbons (Fsp3) is 0.417. The molecule has 16 heavy (non-hydrogen) atoms. The maximum absolute atomic E-state index is 13.7. The van der Waals surface area contributed by atoms with Crippen molar-refractivity contribution in [3.05, 3.63) is 23.5 Å². The maximum Gasteiger partial charge on any atom is 0.224 e. The lowest BCUT2D eigenvalue weighted by molar-refractivity contribution is -0.116. The minimum Gasteiger partial charge on any atom is -0.380 e. The van der Waals surface area contributed by atoms with Crippen molar-refractivity contribution in [2.45, 2.75) is 31.7 Å². The molecule has 4 heteroatoms. The lowest BCUT2D eigenvalue weighted by Crippen LogP contribution is -2.19. The van der Waals surface area contributed by atoms with Crippen LogP contribution in [0.1, 0.15) is 24.8 Å². The minimum atomic E-state index is -0.221. The van der Waals surface area contributed by atoms with Crippen LogP contribution in [-0.4, -0.2) is 11.9 Å². The van der Waals surface area contributed by atoms with E-state index >= 15 is 0 Å². The summed E-state index contributed by atoms with van der Waals surface area (Å²) in [5.41, 5.74) is 2.14. The Morgan fingerprint density at radius 3 is 2.88 bits per heavy atom. The molecular formula is C12H13FN2O. The summed E-state index contributed by atoms with van der Waals surface area (Å²) in [5, 5.41) is 5.90. The fourth-order valence-corrected chi connectivity index (χ4v) is 1.96. The number of hydrogen-bond donors (Lipinski definition) is 2. The number of halogens is 1. The second-order valence-electron chi connectivity index (χ2n) is 4.46. The number of benzene rings is 1. The molecule has 1 saturated carbocycles. The van der Waals surface area contributed by atoms with Gasteiger partial charge < -0.3 is 10.6 Å². The van der Waals surface area contributed by atoms with Crippen molar-refractivity contribution in [1.82, 2.24) is 0 Å². The van der Waals surface area contributed by atoms with Gasteiger partial charge in [-0.15, -0.1) is 0 Å². The van der Waals surface area contributed by atoms with E-state index < -0.39 is 0 Å². The quantitative estimate of drug-likeness (QED) is 0.802. The number of amides is 1. The van der Waals surface area contributed by atoms with Gasteiger partial charge in [0.15, 0.2) is 0 Å². The van der Waals surface area contributed by atoms with Crippen LogP contribution in [0.5, 0.6) is 0 Å². The Hall–Kier alpha value is -1.58. The normalized spacial score (nSPS) is 18.9. The van der Waals surface area contributed by atoms with Crippen LogP contribution in [0.15, 0.2) is 12.1 Å². The summed E-state index contributed by atoms with van der Waals surface area (Å²) in [6, 6.07) is 3.64. The van der Waals surface area contributed by atoms with Crippen molar-refractivity contribution >= 4 is 17.3 Å². The third-order valence-corrected chi connectivity index (χ3v) is 3.03. The molecule has 84 valence electrons. The Balaban J connectivity index is 1.94. The van der Waals surface area contributed by atoms with Gasteiger partial charge >= 0.3 is 0 Å². The van der Waals surface area contributed by atoms with E-state index in [0.717, 1.165) is 24.1 Å². The van der Waals surface area contributed by atoms with Crippen molar-refractivity contribution in [2.24, 2.45) is 0 Å². The van der Waals surface area contributed by atoms with E-state index in [-0.39, 0.29) is 11.7 Å². The third kappa shape index (κ3) is 1.75. The molecule has 0 bridgehead atoms. The SMILES string of the molecule is O=C1CCc2cc(F)c(NC3CC3)cc2N1. The summed E-state index contributed by atoms with van der Waals surface area (Å²) in [4.78, 5) is 11.2. The van der Waals surface area contributed by atoms with Gasteiger partial charge in [-0.2, -0.15) is 0 Å². The van der Waals surface area contributed by atoms with Gasteiger partial charge in [0.2, 0.25) is 5.91 Å². The Bertz CT molecular complexity index is 455. The summed E-state index contributed by atoms with van der Waals surface area (Å²) in [6.07, 6.45) is 3.27. The van der Waals surface area contributed by atoms with Crippen molar-refractivity contribution in [3.63, 3.8) is 0 Å². The first-order chi connectivity index (χ1) is 7.72. The number of fused-ring (bicyclic) bond motifs is 1. The van der Waals surface area contributed by atoms with Crippen LogP contribution in [0.2, 0.25) is 0 Å². The van der Waals surface area contributed by atoms with Gasteiger partial charge in [0.25, 0.3) is 0 Å². The van der Waals surface area contributed by atoms with Gasteiger partial charge in [0.05, 0.1) is 5.69 Å². The molecule has 1 amide bonds. The Labute approximate surface area is 93.0 Å². The Morgan fingerprint density at radius 2 is 2.12 bits per heavy atom. The van der Waals surface area contributed by atoms with Crippen LogP contribution in [-0.2, 0) is 11.2 Å². The summed E-state index contributed by atoms with van der Waals surface area (Å²) in [6.45, 7) is 0. The molecule has 3 rings (SSSR count). The zero-order valence-electron chi connectivity index (χ0n) is 8.85. The van der Waals surface area contributed by atoms with Crippen LogP contribution < -0.4 is 10.6 Å². The zero-order chi connectivity index (χ0) is 11.1. The molecule has 1 aromatic carbocycles. The minimum absolute atomic E-state index is 0.0106. The monoisotopic (exact) mass is 220 g/mol. The average Bonchev–Trinajstić information content (AvgIpc) is 3.04. The topological polar surface area (TPSA) is 41.1 Å². The molecule has 3 nitrogen and oxygen atoms in total. The molecule has 1 aliphatic heterocycles. The molecule has 0 atom stereocenters. The second-order valence-corrected chi connectivity index (χ2v) is 4.46. The first-order valence-electron chi connectivity index (χ1n) is 5.61. The molecule has 1 aromatic rings. The Kier molecular flexibility index (Phi) is 2.09. The van der Waals surface area contributed by atoms with E-state index in [1.807, 2.05) is 0 Å². The van der Waals surface area contributed by atoms with Crippen LogP contribution in [0.3, 0.4) is 0 Å². The molecule has 0 unspecified atom stereocenters. The molecule has 0 aromatic heterocycles. The van der Waals surface area contributed by atoms with Gasteiger partial charge in [-0.25, -0.2) is 4.39 Å². The van der Waals surface area contributed by atoms with Gasteiger partial charge in [-0.3, -0.25) is 4.79 Å². The first-order valence-corrected chi connectivity index (χ1v) is 5.61. The lowest BCUT2D eigenvalue weighted by Gasteiger charge is -2.18. The van der Waals surface area contributed by atoms with Crippen LogP contribution in [0.25, 0.3) is 0 Å². The number of hydrogen-bond acceptors (Lipinski definition) is 2. The van der Waals surface area contributed by atoms with Crippen molar-refractivity contribution in [1.29, 1.82) is 0 Å². The van der Waals surface area contributed by atoms with Gasteiger partial charge in [0, 0.05) is 18.2 Å². The summed E-state index contributed by atoms with van der Waals surface area (Å²) in [7, 11) is 0. The van der Waals surface area contributed by atoms with Crippen LogP contribution in [0.4, 0.5) is 15.8 Å². The van der Waals surface area contributed by atoms with Gasteiger partial charge in [-0.1, -0.05) is 0 Å². The van der Waals surface area contributed by atoms with Crippen LogP contribution >= 0.6 is 0 Å². The van der Waals surface area contributed by atoms with E-state index in [1.54, 1.807) is 6.07 Å². The maximum atomic E-state index is 13.7. The van der Waals surface area contributed by atoms with E-state index in [2.05, 4.69) is 10.6 Å². The number of anilines is 2. The summed E-state index contributed by atoms with van der Waals surface area (Å²) >= 11 is 0. The molecule has 2 aliphatic rings.